The number of ether oxygens (including phenoxy) is 1. The number of nitrogen functional groups attached to an aromatic ring is 1. The summed E-state index contributed by atoms with van der Waals surface area (Å²) in [5.41, 5.74) is 6.38. The Kier molecular flexibility index (Phi) is 5.26. The molecule has 0 saturated carbocycles. The molecule has 100 valence electrons. The third-order valence-corrected chi connectivity index (χ3v) is 3.51. The van der Waals surface area contributed by atoms with Gasteiger partial charge >= 0.3 is 0 Å². The fourth-order valence-electron chi connectivity index (χ4n) is 1.49. The first-order valence-corrected chi connectivity index (χ1v) is 6.14. The van der Waals surface area contributed by atoms with Crippen LogP contribution in [0.3, 0.4) is 0 Å². The molecule has 0 heterocycles. The first kappa shape index (κ1) is 15.1. The average Bonchev–Trinajstić information content (AvgIpc) is 2.33. The Labute approximate surface area is 117 Å². The molecule has 4 nitrogen and oxygen atoms in total. The fraction of sp³-hybridized carbons (Fsp3) is 0.417. The first-order valence-electron chi connectivity index (χ1n) is 5.39. The van der Waals surface area contributed by atoms with Gasteiger partial charge in [-0.15, -0.1) is 0 Å². The zero-order chi connectivity index (χ0) is 13.9. The normalized spacial score (nSPS) is 12.3. The minimum absolute atomic E-state index is 0.0434. The zero-order valence-corrected chi connectivity index (χ0v) is 12.0. The molecule has 18 heavy (non-hydrogen) atoms. The van der Waals surface area contributed by atoms with Crippen LogP contribution in [0, 0.1) is 0 Å². The summed E-state index contributed by atoms with van der Waals surface area (Å²) in [5, 5.41) is 0.536. The number of carbonyl (C=O) groups is 1. The highest BCUT2D eigenvalue weighted by Gasteiger charge is 2.19. The summed E-state index contributed by atoms with van der Waals surface area (Å²) < 4.78 is 5.01. The van der Waals surface area contributed by atoms with Gasteiger partial charge in [-0.1, -0.05) is 23.2 Å². The molecule has 0 aliphatic carbocycles. The molecule has 0 fully saturated rings. The van der Waals surface area contributed by atoms with Crippen LogP contribution >= 0.6 is 23.2 Å². The SMILES string of the molecule is COCC(C)N(C)C(=O)c1cc(N)c(Cl)c(Cl)c1. The van der Waals surface area contributed by atoms with Crippen LogP contribution in [0.5, 0.6) is 0 Å². The van der Waals surface area contributed by atoms with Crippen molar-refractivity contribution in [2.45, 2.75) is 13.0 Å². The Bertz CT molecular complexity index is 429. The molecule has 0 saturated heterocycles. The van der Waals surface area contributed by atoms with E-state index >= 15 is 0 Å². The van der Waals surface area contributed by atoms with Crippen molar-refractivity contribution >= 4 is 34.8 Å². The summed E-state index contributed by atoms with van der Waals surface area (Å²) >= 11 is 11.7. The van der Waals surface area contributed by atoms with Gasteiger partial charge in [0.15, 0.2) is 0 Å². The van der Waals surface area contributed by atoms with Crippen molar-refractivity contribution < 1.29 is 9.53 Å². The Morgan fingerprint density at radius 2 is 2.11 bits per heavy atom. The van der Waals surface area contributed by atoms with Crippen molar-refractivity contribution in [1.82, 2.24) is 4.90 Å². The number of benzene rings is 1. The van der Waals surface area contributed by atoms with Crippen molar-refractivity contribution in [2.75, 3.05) is 26.5 Å². The lowest BCUT2D eigenvalue weighted by Gasteiger charge is -2.24. The van der Waals surface area contributed by atoms with E-state index in [1.165, 1.54) is 12.1 Å². The molecule has 6 heteroatoms. The van der Waals surface area contributed by atoms with E-state index in [9.17, 15) is 4.79 Å². The molecule has 1 unspecified atom stereocenters. The molecular weight excluding hydrogens is 275 g/mol. The maximum atomic E-state index is 12.2. The molecule has 0 radical (unpaired) electrons. The zero-order valence-electron chi connectivity index (χ0n) is 10.5. The lowest BCUT2D eigenvalue weighted by atomic mass is 10.1. The molecule has 0 aliphatic rings. The van der Waals surface area contributed by atoms with Crippen molar-refractivity contribution in [1.29, 1.82) is 0 Å². The number of likely N-dealkylation sites (N-methyl/N-ethyl adjacent to an activating group) is 1. The second-order valence-corrected chi connectivity index (χ2v) is 4.87. The van der Waals surface area contributed by atoms with Crippen molar-refractivity contribution in [3.63, 3.8) is 0 Å². The quantitative estimate of drug-likeness (QED) is 0.868. The largest absolute Gasteiger partial charge is 0.397 e. The number of carbonyl (C=O) groups excluding carboxylic acids is 1. The third kappa shape index (κ3) is 3.28. The molecule has 1 aromatic rings. The van der Waals surface area contributed by atoms with E-state index in [4.69, 9.17) is 33.7 Å². The molecule has 0 bridgehead atoms. The fourth-order valence-corrected chi connectivity index (χ4v) is 1.83. The van der Waals surface area contributed by atoms with Gasteiger partial charge in [0.2, 0.25) is 0 Å². The summed E-state index contributed by atoms with van der Waals surface area (Å²) in [6, 6.07) is 2.99. The average molecular weight is 291 g/mol. The predicted molar refractivity (Wildman–Crippen MR) is 74.3 cm³/mol. The van der Waals surface area contributed by atoms with Crippen molar-refractivity contribution in [3.05, 3.63) is 27.7 Å². The monoisotopic (exact) mass is 290 g/mol. The highest BCUT2D eigenvalue weighted by molar-refractivity contribution is 6.43. The number of anilines is 1. The lowest BCUT2D eigenvalue weighted by Crippen LogP contribution is -2.37. The topological polar surface area (TPSA) is 55.6 Å². The summed E-state index contributed by atoms with van der Waals surface area (Å²) in [6.45, 7) is 2.35. The number of hydrogen-bond acceptors (Lipinski definition) is 3. The number of rotatable bonds is 4. The minimum atomic E-state index is -0.176. The Morgan fingerprint density at radius 3 is 2.61 bits per heavy atom. The molecule has 2 N–H and O–H groups in total. The van der Waals surface area contributed by atoms with Crippen LogP contribution in [0.15, 0.2) is 12.1 Å². The van der Waals surface area contributed by atoms with Crippen LogP contribution in [0.25, 0.3) is 0 Å². The van der Waals surface area contributed by atoms with Gasteiger partial charge in [-0.3, -0.25) is 4.79 Å². The van der Waals surface area contributed by atoms with Crippen LogP contribution in [0.4, 0.5) is 5.69 Å². The van der Waals surface area contributed by atoms with Gasteiger partial charge in [0.1, 0.15) is 0 Å². The van der Waals surface area contributed by atoms with Gasteiger partial charge in [-0.05, 0) is 19.1 Å². The van der Waals surface area contributed by atoms with Crippen LogP contribution in [-0.2, 0) is 4.74 Å². The predicted octanol–water partition coefficient (Wildman–Crippen LogP) is 2.68. The number of nitrogens with zero attached hydrogens (tertiary/aromatic N) is 1. The molecular formula is C12H16Cl2N2O2. The van der Waals surface area contributed by atoms with E-state index in [1.54, 1.807) is 19.1 Å². The molecule has 1 atom stereocenters. The van der Waals surface area contributed by atoms with Gasteiger partial charge in [0.05, 0.1) is 28.4 Å². The van der Waals surface area contributed by atoms with E-state index in [-0.39, 0.29) is 22.0 Å². The molecule has 0 spiro atoms. The van der Waals surface area contributed by atoms with Gasteiger partial charge in [0, 0.05) is 19.7 Å². The van der Waals surface area contributed by atoms with Crippen LogP contribution in [0.1, 0.15) is 17.3 Å². The summed E-state index contributed by atoms with van der Waals surface area (Å²) in [4.78, 5) is 13.8. The second kappa shape index (κ2) is 6.27. The lowest BCUT2D eigenvalue weighted by molar-refractivity contribution is 0.0633. The summed E-state index contributed by atoms with van der Waals surface area (Å²) in [5.74, 6) is -0.176. The van der Waals surface area contributed by atoms with Gasteiger partial charge in [0.25, 0.3) is 5.91 Å². The molecule has 0 aliphatic heterocycles. The van der Waals surface area contributed by atoms with Crippen molar-refractivity contribution in [2.24, 2.45) is 0 Å². The molecule has 0 aromatic heterocycles. The number of nitrogens with two attached hydrogens (primary N) is 1. The Morgan fingerprint density at radius 1 is 1.50 bits per heavy atom. The maximum Gasteiger partial charge on any atom is 0.254 e. The number of methoxy groups -OCH3 is 1. The number of hydrogen-bond donors (Lipinski definition) is 1. The van der Waals surface area contributed by atoms with E-state index in [1.807, 2.05) is 6.92 Å². The van der Waals surface area contributed by atoms with E-state index in [2.05, 4.69) is 0 Å². The minimum Gasteiger partial charge on any atom is -0.397 e. The highest BCUT2D eigenvalue weighted by Crippen LogP contribution is 2.29. The van der Waals surface area contributed by atoms with Crippen LogP contribution in [0.2, 0.25) is 10.0 Å². The van der Waals surface area contributed by atoms with Crippen molar-refractivity contribution in [3.8, 4) is 0 Å². The van der Waals surface area contributed by atoms with Crippen LogP contribution in [-0.4, -0.2) is 37.6 Å². The standard InChI is InChI=1S/C12H16Cl2N2O2/c1-7(6-18-3)16(2)12(17)8-4-9(13)11(14)10(15)5-8/h4-5,7H,6,15H2,1-3H3. The molecule has 1 amide bonds. The van der Waals surface area contributed by atoms with E-state index in [0.717, 1.165) is 0 Å². The van der Waals surface area contributed by atoms with Gasteiger partial charge in [-0.2, -0.15) is 0 Å². The highest BCUT2D eigenvalue weighted by atomic mass is 35.5. The smallest absolute Gasteiger partial charge is 0.254 e. The number of halogens is 2. The first-order chi connectivity index (χ1) is 8.38. The summed E-state index contributed by atoms with van der Waals surface area (Å²) in [7, 11) is 3.29. The third-order valence-electron chi connectivity index (χ3n) is 2.69. The maximum absolute atomic E-state index is 12.2. The van der Waals surface area contributed by atoms with Gasteiger partial charge < -0.3 is 15.4 Å². The number of amides is 1. The van der Waals surface area contributed by atoms with E-state index < -0.39 is 0 Å². The molecule has 1 rings (SSSR count). The van der Waals surface area contributed by atoms with Gasteiger partial charge in [-0.25, -0.2) is 0 Å². The molecule has 1 aromatic carbocycles. The Hall–Kier alpha value is -0.970. The second-order valence-electron chi connectivity index (χ2n) is 4.08. The van der Waals surface area contributed by atoms with E-state index in [0.29, 0.717) is 17.9 Å². The Balaban J connectivity index is 2.97. The summed E-state index contributed by atoms with van der Waals surface area (Å²) in [6.07, 6.45) is 0. The van der Waals surface area contributed by atoms with Crippen LogP contribution < -0.4 is 5.73 Å².